The maximum Gasteiger partial charge on any atom is 0.332 e. The Labute approximate surface area is 235 Å². The molecule has 2 fully saturated rings. The van der Waals surface area contributed by atoms with E-state index in [2.05, 4.69) is 4.98 Å². The Morgan fingerprint density at radius 2 is 1.88 bits per heavy atom. The number of esters is 1. The molecule has 9 nitrogen and oxygen atoms in total. The first-order chi connectivity index (χ1) is 19.4. The number of amides is 1. The van der Waals surface area contributed by atoms with E-state index in [4.69, 9.17) is 14.2 Å². The third-order valence-electron chi connectivity index (χ3n) is 7.85. The largest absolute Gasteiger partial charge is 0.476 e. The van der Waals surface area contributed by atoms with Gasteiger partial charge in [0, 0.05) is 19.5 Å². The van der Waals surface area contributed by atoms with Crippen molar-refractivity contribution in [2.75, 3.05) is 49.4 Å². The molecule has 4 rings (SSSR count). The third kappa shape index (κ3) is 6.90. The van der Waals surface area contributed by atoms with Crippen LogP contribution in [0.15, 0.2) is 42.5 Å². The van der Waals surface area contributed by atoms with Crippen molar-refractivity contribution in [2.45, 2.75) is 57.8 Å². The van der Waals surface area contributed by atoms with Crippen molar-refractivity contribution in [3.05, 3.63) is 48.0 Å². The zero-order valence-corrected chi connectivity index (χ0v) is 23.3. The second-order valence-electron chi connectivity index (χ2n) is 10.5. The first kappa shape index (κ1) is 29.7. The summed E-state index contributed by atoms with van der Waals surface area (Å²) < 4.78 is 30.0. The highest BCUT2D eigenvalue weighted by molar-refractivity contribution is 5.92. The Hall–Kier alpha value is -3.24. The summed E-state index contributed by atoms with van der Waals surface area (Å²) >= 11 is 0. The number of aromatic nitrogens is 1. The molecule has 1 aliphatic carbocycles. The molecule has 0 bridgehead atoms. The minimum atomic E-state index is -1.28. The Morgan fingerprint density at radius 1 is 1.15 bits per heavy atom. The van der Waals surface area contributed by atoms with Gasteiger partial charge in [0.1, 0.15) is 17.0 Å². The summed E-state index contributed by atoms with van der Waals surface area (Å²) in [7, 11) is 0. The zero-order chi connectivity index (χ0) is 28.5. The summed E-state index contributed by atoms with van der Waals surface area (Å²) in [6, 6.07) is 13.5. The maximum atomic E-state index is 13.1. The quantitative estimate of drug-likeness (QED) is 0.178. The van der Waals surface area contributed by atoms with Crippen LogP contribution in [0.3, 0.4) is 0 Å². The second kappa shape index (κ2) is 13.9. The monoisotopic (exact) mass is 557 g/mol. The summed E-state index contributed by atoms with van der Waals surface area (Å²) in [5, 5.41) is 9.85. The molecule has 2 heterocycles. The molecule has 1 aromatic heterocycles. The average Bonchev–Trinajstić information content (AvgIpc) is 3.72. The number of β-amino-alcohol motifs (C(OH)–C–C–N with tert-alkyl or cyclic N) is 1. The Morgan fingerprint density at radius 3 is 2.52 bits per heavy atom. The van der Waals surface area contributed by atoms with Crippen molar-refractivity contribution in [1.82, 2.24) is 4.98 Å². The molecular weight excluding hydrogens is 517 g/mol. The van der Waals surface area contributed by atoms with E-state index < -0.39 is 24.3 Å². The minimum absolute atomic E-state index is 0.0561. The molecule has 2 aromatic rings. The predicted octanol–water partition coefficient (Wildman–Crippen LogP) is 3.92. The fourth-order valence-electron chi connectivity index (χ4n) is 5.07. The molecule has 1 amide bonds. The van der Waals surface area contributed by atoms with Crippen LogP contribution >= 0.6 is 0 Å². The van der Waals surface area contributed by atoms with Crippen molar-refractivity contribution >= 4 is 23.9 Å². The lowest BCUT2D eigenvalue weighted by Gasteiger charge is -2.40. The molecule has 0 radical (unpaired) electrons. The van der Waals surface area contributed by atoms with Gasteiger partial charge in [0.05, 0.1) is 39.2 Å². The molecule has 2 atom stereocenters. The number of hydrogen-bond acceptors (Lipinski definition) is 8. The van der Waals surface area contributed by atoms with Gasteiger partial charge in [-0.15, -0.1) is 0 Å². The van der Waals surface area contributed by atoms with Gasteiger partial charge in [-0.1, -0.05) is 44.2 Å². The number of nitrogens with zero attached hydrogens (tertiary/aromatic N) is 3. The molecular formula is C30H40FN3O6. The highest BCUT2D eigenvalue weighted by Gasteiger charge is 2.44. The van der Waals surface area contributed by atoms with E-state index in [0.29, 0.717) is 69.9 Å². The fraction of sp³-hybridized carbons (Fsp3) is 0.567. The van der Waals surface area contributed by atoms with E-state index in [0.717, 1.165) is 17.7 Å². The van der Waals surface area contributed by atoms with Crippen LogP contribution in [-0.2, 0) is 25.7 Å². The van der Waals surface area contributed by atoms with Crippen LogP contribution in [-0.4, -0.2) is 73.7 Å². The van der Waals surface area contributed by atoms with Crippen LogP contribution in [0.4, 0.5) is 15.9 Å². The normalized spacial score (nSPS) is 18.6. The Balaban J connectivity index is 1.45. The van der Waals surface area contributed by atoms with E-state index in [1.54, 1.807) is 26.0 Å². The van der Waals surface area contributed by atoms with Crippen LogP contribution in [0, 0.1) is 11.8 Å². The third-order valence-corrected chi connectivity index (χ3v) is 7.85. The molecule has 1 aliphatic heterocycles. The number of hydrogen-bond donors (Lipinski definition) is 1. The summed E-state index contributed by atoms with van der Waals surface area (Å²) in [5.74, 6) is 0.751. The molecule has 0 spiro atoms. The number of carbonyl (C=O) groups excluding carboxylic acids is 2. The molecule has 1 N–H and O–H groups in total. The summed E-state index contributed by atoms with van der Waals surface area (Å²) in [5.41, 5.74) is 0.579. The van der Waals surface area contributed by atoms with E-state index in [9.17, 15) is 19.1 Å². The average molecular weight is 558 g/mol. The summed E-state index contributed by atoms with van der Waals surface area (Å²) in [6.45, 7) is 5.55. The van der Waals surface area contributed by atoms with Crippen LogP contribution in [0.2, 0.25) is 0 Å². The highest BCUT2D eigenvalue weighted by atomic mass is 19.1. The summed E-state index contributed by atoms with van der Waals surface area (Å²) in [4.78, 5) is 33.4. The number of ether oxygens (including phenoxy) is 3. The van der Waals surface area contributed by atoms with Gasteiger partial charge in [-0.2, -0.15) is 4.98 Å². The minimum Gasteiger partial charge on any atom is -0.476 e. The molecule has 1 saturated carbocycles. The number of rotatable bonds is 17. The number of anilines is 2. The van der Waals surface area contributed by atoms with Crippen LogP contribution in [0.1, 0.15) is 45.1 Å². The highest BCUT2D eigenvalue weighted by Crippen LogP contribution is 2.41. The zero-order valence-electron chi connectivity index (χ0n) is 23.3. The van der Waals surface area contributed by atoms with Gasteiger partial charge >= 0.3 is 5.97 Å². The molecule has 2 unspecified atom stereocenters. The smallest absolute Gasteiger partial charge is 0.332 e. The first-order valence-corrected chi connectivity index (χ1v) is 14.1. The second-order valence-corrected chi connectivity index (χ2v) is 10.5. The standard InChI is InChI=1S/C30H40FN3O6/c1-3-30(4-2,29(37)39-14-8-13-31)34(21-35)27-12-11-26(33-16-25(36)17-33)28(32-27)40-20-24-15-23(24)19-38-18-22-9-6-5-7-10-22/h5-7,9-12,21,23-25,36H,3-4,8,13-20H2,1-2H3. The number of halogens is 1. The first-order valence-electron chi connectivity index (χ1n) is 14.1. The number of alkyl halides is 1. The SMILES string of the molecule is CCC(CC)(C(=O)OCCCF)N(C=O)c1ccc(N2CC(O)C2)c(OCC2CC2COCc2ccccc2)n1. The molecule has 218 valence electrons. The molecule has 2 aliphatic rings. The Kier molecular flexibility index (Phi) is 10.3. The predicted molar refractivity (Wildman–Crippen MR) is 149 cm³/mol. The number of aliphatic hydroxyl groups is 1. The number of carbonyl (C=O) groups is 2. The van der Waals surface area contributed by atoms with E-state index >= 15 is 0 Å². The van der Waals surface area contributed by atoms with Gasteiger partial charge in [0.2, 0.25) is 12.3 Å². The molecule has 1 saturated heterocycles. The maximum absolute atomic E-state index is 13.1. The number of aliphatic hydroxyl groups excluding tert-OH is 1. The van der Waals surface area contributed by atoms with E-state index in [1.807, 2.05) is 35.2 Å². The van der Waals surface area contributed by atoms with Gasteiger partial charge in [-0.25, -0.2) is 4.79 Å². The van der Waals surface area contributed by atoms with Crippen LogP contribution in [0.25, 0.3) is 0 Å². The summed E-state index contributed by atoms with van der Waals surface area (Å²) in [6.07, 6.45) is 1.85. The lowest BCUT2D eigenvalue weighted by Crippen LogP contribution is -2.55. The van der Waals surface area contributed by atoms with Gasteiger partial charge in [-0.05, 0) is 48.8 Å². The van der Waals surface area contributed by atoms with Gasteiger partial charge in [0.15, 0.2) is 0 Å². The van der Waals surface area contributed by atoms with Gasteiger partial charge in [0.25, 0.3) is 0 Å². The van der Waals surface area contributed by atoms with Crippen molar-refractivity contribution < 1.29 is 33.3 Å². The van der Waals surface area contributed by atoms with Crippen molar-refractivity contribution in [1.29, 1.82) is 0 Å². The van der Waals surface area contributed by atoms with Crippen molar-refractivity contribution in [3.8, 4) is 5.88 Å². The topological polar surface area (TPSA) is 101 Å². The number of pyridine rings is 1. The molecule has 40 heavy (non-hydrogen) atoms. The van der Waals surface area contributed by atoms with Crippen molar-refractivity contribution in [3.63, 3.8) is 0 Å². The lowest BCUT2D eigenvalue weighted by atomic mass is 9.90. The van der Waals surface area contributed by atoms with Gasteiger partial charge < -0.3 is 24.2 Å². The number of benzene rings is 1. The fourth-order valence-corrected chi connectivity index (χ4v) is 5.07. The van der Waals surface area contributed by atoms with E-state index in [-0.39, 0.29) is 18.8 Å². The molecule has 10 heteroatoms. The van der Waals surface area contributed by atoms with Crippen LogP contribution in [0.5, 0.6) is 5.88 Å². The lowest BCUT2D eigenvalue weighted by molar-refractivity contribution is -0.151. The van der Waals surface area contributed by atoms with Gasteiger partial charge in [-0.3, -0.25) is 14.1 Å². The Bertz CT molecular complexity index is 1110. The molecule has 1 aromatic carbocycles. The van der Waals surface area contributed by atoms with E-state index in [1.165, 1.54) is 4.90 Å². The van der Waals surface area contributed by atoms with Crippen molar-refractivity contribution in [2.24, 2.45) is 11.8 Å². The van der Waals surface area contributed by atoms with Crippen LogP contribution < -0.4 is 14.5 Å².